The summed E-state index contributed by atoms with van der Waals surface area (Å²) in [5.41, 5.74) is 6.93. The molecule has 0 spiro atoms. The van der Waals surface area contributed by atoms with Gasteiger partial charge in [-0.15, -0.1) is 11.3 Å². The van der Waals surface area contributed by atoms with Crippen LogP contribution in [0.2, 0.25) is 0 Å². The largest absolute Gasteiger partial charge is 0.351 e. The SMILES string of the molecule is CCc1cnc(CNC(C)c2ccc(NC(N)=O)cc2)s1. The van der Waals surface area contributed by atoms with Crippen LogP contribution in [-0.2, 0) is 13.0 Å². The van der Waals surface area contributed by atoms with Gasteiger partial charge < -0.3 is 16.4 Å². The number of nitrogens with two attached hydrogens (primary N) is 1. The highest BCUT2D eigenvalue weighted by molar-refractivity contribution is 7.11. The molecule has 0 aliphatic carbocycles. The lowest BCUT2D eigenvalue weighted by Crippen LogP contribution is -2.20. The number of primary amides is 1. The molecule has 112 valence electrons. The smallest absolute Gasteiger partial charge is 0.316 e. The van der Waals surface area contributed by atoms with Gasteiger partial charge in [-0.1, -0.05) is 19.1 Å². The zero-order valence-electron chi connectivity index (χ0n) is 12.2. The lowest BCUT2D eigenvalue weighted by atomic mass is 10.1. The molecule has 21 heavy (non-hydrogen) atoms. The molecule has 0 fully saturated rings. The first-order valence-corrected chi connectivity index (χ1v) is 7.73. The first-order valence-electron chi connectivity index (χ1n) is 6.92. The lowest BCUT2D eigenvalue weighted by molar-refractivity contribution is 0.259. The molecule has 0 aliphatic rings. The van der Waals surface area contributed by atoms with Crippen LogP contribution in [0.25, 0.3) is 0 Å². The number of aryl methyl sites for hydroxylation is 1. The number of aromatic nitrogens is 1. The molecular weight excluding hydrogens is 284 g/mol. The Bertz CT molecular complexity index is 594. The van der Waals surface area contributed by atoms with Crippen molar-refractivity contribution in [1.29, 1.82) is 0 Å². The molecule has 5 nitrogen and oxygen atoms in total. The van der Waals surface area contributed by atoms with Crippen molar-refractivity contribution < 1.29 is 4.79 Å². The molecular formula is C15H20N4OS. The van der Waals surface area contributed by atoms with E-state index in [4.69, 9.17) is 5.73 Å². The maximum absolute atomic E-state index is 10.8. The zero-order valence-corrected chi connectivity index (χ0v) is 13.0. The lowest BCUT2D eigenvalue weighted by Gasteiger charge is -2.14. The van der Waals surface area contributed by atoms with Gasteiger partial charge in [-0.3, -0.25) is 0 Å². The summed E-state index contributed by atoms with van der Waals surface area (Å²) in [6, 6.07) is 7.30. The average molecular weight is 304 g/mol. The van der Waals surface area contributed by atoms with Crippen molar-refractivity contribution in [2.24, 2.45) is 5.73 Å². The van der Waals surface area contributed by atoms with Crippen LogP contribution < -0.4 is 16.4 Å². The van der Waals surface area contributed by atoms with Gasteiger partial charge in [-0.25, -0.2) is 9.78 Å². The van der Waals surface area contributed by atoms with Crippen molar-refractivity contribution in [3.8, 4) is 0 Å². The number of carbonyl (C=O) groups is 1. The third-order valence-corrected chi connectivity index (χ3v) is 4.33. The number of amides is 2. The van der Waals surface area contributed by atoms with Crippen LogP contribution in [0.1, 0.15) is 35.3 Å². The van der Waals surface area contributed by atoms with Gasteiger partial charge in [0.15, 0.2) is 0 Å². The molecule has 1 aromatic heterocycles. The van der Waals surface area contributed by atoms with Gasteiger partial charge in [0, 0.05) is 29.3 Å². The molecule has 4 N–H and O–H groups in total. The van der Waals surface area contributed by atoms with Gasteiger partial charge in [0.1, 0.15) is 5.01 Å². The van der Waals surface area contributed by atoms with E-state index < -0.39 is 6.03 Å². The minimum atomic E-state index is -0.551. The summed E-state index contributed by atoms with van der Waals surface area (Å²) in [7, 11) is 0. The highest BCUT2D eigenvalue weighted by Crippen LogP contribution is 2.18. The van der Waals surface area contributed by atoms with Crippen LogP contribution in [-0.4, -0.2) is 11.0 Å². The number of nitrogens with zero attached hydrogens (tertiary/aromatic N) is 1. The normalized spacial score (nSPS) is 12.1. The van der Waals surface area contributed by atoms with E-state index in [0.29, 0.717) is 5.69 Å². The molecule has 2 aromatic rings. The van der Waals surface area contributed by atoms with Crippen LogP contribution in [0.4, 0.5) is 10.5 Å². The van der Waals surface area contributed by atoms with Crippen molar-refractivity contribution in [1.82, 2.24) is 10.3 Å². The molecule has 0 saturated heterocycles. The van der Waals surface area contributed by atoms with Gasteiger partial charge in [-0.05, 0) is 31.0 Å². The van der Waals surface area contributed by atoms with E-state index in [1.54, 1.807) is 11.3 Å². The number of nitrogens with one attached hydrogen (secondary N) is 2. The quantitative estimate of drug-likeness (QED) is 0.767. The van der Waals surface area contributed by atoms with Crippen LogP contribution in [0.15, 0.2) is 30.5 Å². The van der Waals surface area contributed by atoms with Crippen LogP contribution in [0.3, 0.4) is 0 Å². The molecule has 1 heterocycles. The molecule has 1 atom stereocenters. The highest BCUT2D eigenvalue weighted by atomic mass is 32.1. The van der Waals surface area contributed by atoms with Crippen LogP contribution >= 0.6 is 11.3 Å². The number of carbonyl (C=O) groups excluding carboxylic acids is 1. The van der Waals surface area contributed by atoms with E-state index in [1.165, 1.54) is 4.88 Å². The summed E-state index contributed by atoms with van der Waals surface area (Å²) >= 11 is 1.74. The predicted octanol–water partition coefficient (Wildman–Crippen LogP) is 3.05. The van der Waals surface area contributed by atoms with Crippen LogP contribution in [0, 0.1) is 0 Å². The summed E-state index contributed by atoms with van der Waals surface area (Å²) in [4.78, 5) is 16.5. The van der Waals surface area contributed by atoms with Crippen LogP contribution in [0.5, 0.6) is 0 Å². The molecule has 1 unspecified atom stereocenters. The van der Waals surface area contributed by atoms with Crippen molar-refractivity contribution in [3.05, 3.63) is 45.9 Å². The first kappa shape index (κ1) is 15.5. The molecule has 0 saturated carbocycles. The second-order valence-electron chi connectivity index (χ2n) is 4.79. The summed E-state index contributed by atoms with van der Waals surface area (Å²) in [5, 5.41) is 7.10. The number of hydrogen-bond donors (Lipinski definition) is 3. The topological polar surface area (TPSA) is 80.0 Å². The Kier molecular flexibility index (Phi) is 5.30. The summed E-state index contributed by atoms with van der Waals surface area (Å²) in [6.45, 7) is 4.99. The van der Waals surface area contributed by atoms with Gasteiger partial charge in [-0.2, -0.15) is 0 Å². The molecule has 0 radical (unpaired) electrons. The Morgan fingerprint density at radius 1 is 1.38 bits per heavy atom. The highest BCUT2D eigenvalue weighted by Gasteiger charge is 2.07. The van der Waals surface area contributed by atoms with E-state index in [1.807, 2.05) is 30.5 Å². The van der Waals surface area contributed by atoms with E-state index >= 15 is 0 Å². The second-order valence-corrected chi connectivity index (χ2v) is 5.99. The Labute approximate surface area is 128 Å². The van der Waals surface area contributed by atoms with Gasteiger partial charge in [0.2, 0.25) is 0 Å². The minimum Gasteiger partial charge on any atom is -0.351 e. The maximum Gasteiger partial charge on any atom is 0.316 e. The number of hydrogen-bond acceptors (Lipinski definition) is 4. The standard InChI is InChI=1S/C15H20N4OS/c1-3-13-8-18-14(21-13)9-17-10(2)11-4-6-12(7-5-11)19-15(16)20/h4-8,10,17H,3,9H2,1-2H3,(H3,16,19,20). The number of benzene rings is 1. The van der Waals surface area contributed by atoms with E-state index in [-0.39, 0.29) is 6.04 Å². The average Bonchev–Trinajstić information content (AvgIpc) is 2.93. The number of rotatable bonds is 6. The maximum atomic E-state index is 10.8. The third kappa shape index (κ3) is 4.54. The second kappa shape index (κ2) is 7.19. The summed E-state index contributed by atoms with van der Waals surface area (Å²) < 4.78 is 0. The van der Waals surface area contributed by atoms with E-state index in [0.717, 1.165) is 23.5 Å². The van der Waals surface area contributed by atoms with Crippen molar-refractivity contribution >= 4 is 23.1 Å². The van der Waals surface area contributed by atoms with E-state index in [9.17, 15) is 4.79 Å². The van der Waals surface area contributed by atoms with Crippen molar-refractivity contribution in [2.45, 2.75) is 32.9 Å². The van der Waals surface area contributed by atoms with Crippen molar-refractivity contribution in [3.63, 3.8) is 0 Å². The molecule has 0 bridgehead atoms. The summed E-state index contributed by atoms with van der Waals surface area (Å²) in [6.07, 6.45) is 2.97. The number of urea groups is 1. The van der Waals surface area contributed by atoms with E-state index in [2.05, 4.69) is 29.5 Å². The number of anilines is 1. The fourth-order valence-electron chi connectivity index (χ4n) is 1.95. The molecule has 2 rings (SSSR count). The fraction of sp³-hybridized carbons (Fsp3) is 0.333. The summed E-state index contributed by atoms with van der Waals surface area (Å²) in [5.74, 6) is 0. The monoisotopic (exact) mass is 304 g/mol. The minimum absolute atomic E-state index is 0.210. The Balaban J connectivity index is 1.90. The van der Waals surface area contributed by atoms with Gasteiger partial charge in [0.05, 0.1) is 0 Å². The Hall–Kier alpha value is -1.92. The predicted molar refractivity (Wildman–Crippen MR) is 86.4 cm³/mol. The Morgan fingerprint density at radius 3 is 2.67 bits per heavy atom. The van der Waals surface area contributed by atoms with Crippen molar-refractivity contribution in [2.75, 3.05) is 5.32 Å². The first-order chi connectivity index (χ1) is 10.1. The van der Waals surface area contributed by atoms with Gasteiger partial charge in [0.25, 0.3) is 0 Å². The number of thiazole rings is 1. The molecule has 6 heteroatoms. The Morgan fingerprint density at radius 2 is 2.10 bits per heavy atom. The molecule has 2 amide bonds. The molecule has 1 aromatic carbocycles. The molecule has 0 aliphatic heterocycles. The van der Waals surface area contributed by atoms with Gasteiger partial charge >= 0.3 is 6.03 Å². The third-order valence-electron chi connectivity index (χ3n) is 3.19. The fourth-order valence-corrected chi connectivity index (χ4v) is 2.76. The zero-order chi connectivity index (χ0) is 15.2.